The molecule has 0 aliphatic heterocycles. The van der Waals surface area contributed by atoms with Crippen LogP contribution in [0.1, 0.15) is 127 Å². The molecular formula is C37H53NO4. The van der Waals surface area contributed by atoms with Crippen LogP contribution < -0.4 is 10.5 Å². The van der Waals surface area contributed by atoms with E-state index in [4.69, 9.17) is 9.15 Å². The van der Waals surface area contributed by atoms with E-state index in [0.717, 1.165) is 42.6 Å². The number of fused-ring (bicyclic) bond motifs is 1. The SMILES string of the molecule is CCCCCCCCCCCCCCCCCOC(=O)c1ccc(-c2cc3ccc(N(CC)CC)cc3oc2=O)cc1. The number of hydrogen-bond donors (Lipinski definition) is 0. The fraction of sp³-hybridized carbons (Fsp3) is 0.568. The molecule has 2 aromatic carbocycles. The zero-order chi connectivity index (χ0) is 30.0. The van der Waals surface area contributed by atoms with Gasteiger partial charge < -0.3 is 14.1 Å². The molecule has 0 unspecified atom stereocenters. The summed E-state index contributed by atoms with van der Waals surface area (Å²) >= 11 is 0. The molecule has 0 amide bonds. The lowest BCUT2D eigenvalue weighted by atomic mass is 10.0. The lowest BCUT2D eigenvalue weighted by Crippen LogP contribution is -2.21. The van der Waals surface area contributed by atoms with E-state index in [1.54, 1.807) is 24.3 Å². The standard InChI is InChI=1S/C37H53NO4/c1-4-7-8-9-10-11-12-13-14-15-16-17-18-19-20-27-41-36(39)31-23-21-30(22-24-31)34-28-32-25-26-33(38(5-2)6-3)29-35(32)42-37(34)40/h21-26,28-29H,4-20,27H2,1-3H3. The summed E-state index contributed by atoms with van der Waals surface area (Å²) in [5.74, 6) is -0.318. The van der Waals surface area contributed by atoms with Crippen LogP contribution in [0.3, 0.4) is 0 Å². The lowest BCUT2D eigenvalue weighted by molar-refractivity contribution is 0.0497. The van der Waals surface area contributed by atoms with Gasteiger partial charge >= 0.3 is 11.6 Å². The third-order valence-electron chi connectivity index (χ3n) is 8.26. The van der Waals surface area contributed by atoms with Crippen molar-refractivity contribution in [2.24, 2.45) is 0 Å². The van der Waals surface area contributed by atoms with E-state index in [1.165, 1.54) is 83.5 Å². The number of hydrogen-bond acceptors (Lipinski definition) is 5. The zero-order valence-corrected chi connectivity index (χ0v) is 26.4. The van der Waals surface area contributed by atoms with Crippen molar-refractivity contribution in [1.82, 2.24) is 0 Å². The molecule has 0 radical (unpaired) electrons. The summed E-state index contributed by atoms with van der Waals surface area (Å²) < 4.78 is 11.2. The number of esters is 1. The van der Waals surface area contributed by atoms with Crippen LogP contribution in [0.4, 0.5) is 5.69 Å². The van der Waals surface area contributed by atoms with Crippen molar-refractivity contribution in [1.29, 1.82) is 0 Å². The Labute approximate surface area is 253 Å². The number of rotatable bonds is 21. The Balaban J connectivity index is 1.32. The van der Waals surface area contributed by atoms with E-state index in [0.29, 0.717) is 23.3 Å². The summed E-state index contributed by atoms with van der Waals surface area (Å²) in [5.41, 5.74) is 2.92. The van der Waals surface area contributed by atoms with Crippen molar-refractivity contribution >= 4 is 22.6 Å². The van der Waals surface area contributed by atoms with Gasteiger partial charge in [-0.1, -0.05) is 109 Å². The first kappa shape index (κ1) is 33.4. The van der Waals surface area contributed by atoms with Gasteiger partial charge in [-0.15, -0.1) is 0 Å². The van der Waals surface area contributed by atoms with Crippen LogP contribution in [0.2, 0.25) is 0 Å². The molecule has 0 atom stereocenters. The van der Waals surface area contributed by atoms with Gasteiger partial charge in [-0.25, -0.2) is 9.59 Å². The van der Waals surface area contributed by atoms with Crippen LogP contribution in [0, 0.1) is 0 Å². The third kappa shape index (κ3) is 11.0. The second-order valence-corrected chi connectivity index (χ2v) is 11.5. The van der Waals surface area contributed by atoms with Gasteiger partial charge in [0.15, 0.2) is 0 Å². The molecule has 3 aromatic rings. The smallest absolute Gasteiger partial charge is 0.344 e. The zero-order valence-electron chi connectivity index (χ0n) is 26.4. The quantitative estimate of drug-likeness (QED) is 0.0718. The molecule has 0 saturated carbocycles. The van der Waals surface area contributed by atoms with Gasteiger partial charge in [-0.2, -0.15) is 0 Å². The average Bonchev–Trinajstić information content (AvgIpc) is 3.01. The molecule has 0 spiro atoms. The molecular weight excluding hydrogens is 522 g/mol. The highest BCUT2D eigenvalue weighted by Gasteiger charge is 2.12. The van der Waals surface area contributed by atoms with Gasteiger partial charge in [0, 0.05) is 30.2 Å². The number of benzene rings is 2. The van der Waals surface area contributed by atoms with Crippen LogP contribution in [0.15, 0.2) is 57.7 Å². The van der Waals surface area contributed by atoms with E-state index in [1.807, 2.05) is 18.2 Å². The summed E-state index contributed by atoms with van der Waals surface area (Å²) in [4.78, 5) is 27.5. The third-order valence-corrected chi connectivity index (χ3v) is 8.26. The van der Waals surface area contributed by atoms with Crippen molar-refractivity contribution in [3.8, 4) is 11.1 Å². The normalized spacial score (nSPS) is 11.2. The second-order valence-electron chi connectivity index (χ2n) is 11.5. The van der Waals surface area contributed by atoms with E-state index in [9.17, 15) is 9.59 Å². The Morgan fingerprint density at radius 1 is 0.690 bits per heavy atom. The van der Waals surface area contributed by atoms with Crippen LogP contribution in [-0.4, -0.2) is 25.7 Å². The molecule has 0 aliphatic rings. The van der Waals surface area contributed by atoms with Gasteiger partial charge in [-0.3, -0.25) is 0 Å². The number of ether oxygens (including phenoxy) is 1. The summed E-state index contributed by atoms with van der Waals surface area (Å²) in [6.07, 6.45) is 19.7. The Kier molecular flexibility index (Phi) is 15.3. The topological polar surface area (TPSA) is 59.8 Å². The van der Waals surface area contributed by atoms with Crippen molar-refractivity contribution in [3.63, 3.8) is 0 Å². The molecule has 5 nitrogen and oxygen atoms in total. The Bertz CT molecular complexity index is 1240. The minimum Gasteiger partial charge on any atom is -0.462 e. The van der Waals surface area contributed by atoms with Crippen LogP contribution >= 0.6 is 0 Å². The Morgan fingerprint density at radius 3 is 1.79 bits per heavy atom. The average molecular weight is 576 g/mol. The maximum atomic E-state index is 12.8. The monoisotopic (exact) mass is 575 g/mol. The van der Waals surface area contributed by atoms with Gasteiger partial charge in [0.1, 0.15) is 5.58 Å². The summed E-state index contributed by atoms with van der Waals surface area (Å²) in [5, 5.41) is 0.868. The molecule has 3 rings (SSSR count). The van der Waals surface area contributed by atoms with Crippen molar-refractivity contribution < 1.29 is 13.9 Å². The van der Waals surface area contributed by atoms with Crippen LogP contribution in [0.25, 0.3) is 22.1 Å². The van der Waals surface area contributed by atoms with Gasteiger partial charge in [0.25, 0.3) is 0 Å². The predicted molar refractivity (Wildman–Crippen MR) is 177 cm³/mol. The number of unbranched alkanes of at least 4 members (excludes halogenated alkanes) is 14. The van der Waals surface area contributed by atoms with Crippen molar-refractivity contribution in [3.05, 3.63) is 64.5 Å². The van der Waals surface area contributed by atoms with Crippen molar-refractivity contribution in [2.75, 3.05) is 24.6 Å². The number of carbonyl (C=O) groups is 1. The molecule has 230 valence electrons. The van der Waals surface area contributed by atoms with Crippen LogP contribution in [-0.2, 0) is 4.74 Å². The van der Waals surface area contributed by atoms with Crippen molar-refractivity contribution in [2.45, 2.75) is 117 Å². The number of carbonyl (C=O) groups excluding carboxylic acids is 1. The highest BCUT2D eigenvalue weighted by atomic mass is 16.5. The second kappa shape index (κ2) is 19.2. The first-order valence-electron chi connectivity index (χ1n) is 16.7. The Hall–Kier alpha value is -3.08. The largest absolute Gasteiger partial charge is 0.462 e. The summed E-state index contributed by atoms with van der Waals surface area (Å²) in [6.45, 7) is 8.70. The first-order valence-corrected chi connectivity index (χ1v) is 16.7. The highest BCUT2D eigenvalue weighted by molar-refractivity contribution is 5.90. The molecule has 5 heteroatoms. The number of anilines is 1. The first-order chi connectivity index (χ1) is 20.6. The lowest BCUT2D eigenvalue weighted by Gasteiger charge is -2.21. The minimum absolute atomic E-state index is 0.318. The predicted octanol–water partition coefficient (Wildman–Crippen LogP) is 10.3. The highest BCUT2D eigenvalue weighted by Crippen LogP contribution is 2.25. The molecule has 0 saturated heterocycles. The molecule has 0 bridgehead atoms. The summed E-state index contributed by atoms with van der Waals surface area (Å²) in [7, 11) is 0. The van der Waals surface area contributed by atoms with Gasteiger partial charge in [0.2, 0.25) is 0 Å². The number of nitrogens with zero attached hydrogens (tertiary/aromatic N) is 1. The minimum atomic E-state index is -0.386. The molecule has 0 aliphatic carbocycles. The van der Waals surface area contributed by atoms with E-state index in [-0.39, 0.29) is 11.6 Å². The van der Waals surface area contributed by atoms with Gasteiger partial charge in [-0.05, 0) is 56.2 Å². The Morgan fingerprint density at radius 2 is 1.24 bits per heavy atom. The maximum Gasteiger partial charge on any atom is 0.344 e. The molecule has 42 heavy (non-hydrogen) atoms. The fourth-order valence-electron chi connectivity index (χ4n) is 5.59. The molecule has 1 heterocycles. The molecule has 0 N–H and O–H groups in total. The fourth-order valence-corrected chi connectivity index (χ4v) is 5.59. The maximum absolute atomic E-state index is 12.8. The molecule has 0 fully saturated rings. The summed E-state index contributed by atoms with van der Waals surface area (Å²) in [6, 6.07) is 14.8. The molecule has 1 aromatic heterocycles. The van der Waals surface area contributed by atoms with E-state index in [2.05, 4.69) is 31.7 Å². The van der Waals surface area contributed by atoms with Crippen LogP contribution in [0.5, 0.6) is 0 Å². The van der Waals surface area contributed by atoms with E-state index < -0.39 is 0 Å². The van der Waals surface area contributed by atoms with E-state index >= 15 is 0 Å². The van der Waals surface area contributed by atoms with Gasteiger partial charge in [0.05, 0.1) is 17.7 Å².